The van der Waals surface area contributed by atoms with E-state index in [1.54, 1.807) is 7.11 Å². The second-order valence-electron chi connectivity index (χ2n) is 7.30. The van der Waals surface area contributed by atoms with E-state index in [4.69, 9.17) is 4.74 Å². The number of benzene rings is 3. The summed E-state index contributed by atoms with van der Waals surface area (Å²) in [7, 11) is 1.78. The third-order valence-electron chi connectivity index (χ3n) is 5.88. The van der Waals surface area contributed by atoms with Crippen molar-refractivity contribution in [3.8, 4) is 16.9 Å². The summed E-state index contributed by atoms with van der Waals surface area (Å²) in [5.41, 5.74) is 8.48. The van der Waals surface area contributed by atoms with Gasteiger partial charge in [-0.1, -0.05) is 60.7 Å². The third-order valence-corrected chi connectivity index (χ3v) is 5.88. The van der Waals surface area contributed by atoms with Gasteiger partial charge in [0.1, 0.15) is 5.75 Å². The van der Waals surface area contributed by atoms with Crippen molar-refractivity contribution in [3.63, 3.8) is 0 Å². The first-order valence-corrected chi connectivity index (χ1v) is 9.41. The lowest BCUT2D eigenvalue weighted by Crippen LogP contribution is -2.38. The zero-order valence-corrected chi connectivity index (χ0v) is 15.1. The molecule has 0 spiro atoms. The Morgan fingerprint density at radius 3 is 2.58 bits per heavy atom. The molecule has 2 aliphatic rings. The predicted octanol–water partition coefficient (Wildman–Crippen LogP) is 5.02. The number of hydrogen-bond acceptors (Lipinski definition) is 2. The van der Waals surface area contributed by atoms with Crippen molar-refractivity contribution in [1.82, 2.24) is 4.90 Å². The van der Waals surface area contributed by atoms with Crippen molar-refractivity contribution >= 4 is 0 Å². The SMILES string of the molecule is COc1cccc2c1-c1cccc3c1[C@@H](C2)N(Cc1ccccc1)CC3. The van der Waals surface area contributed by atoms with Gasteiger partial charge in [-0.3, -0.25) is 4.90 Å². The van der Waals surface area contributed by atoms with Crippen molar-refractivity contribution in [3.05, 3.63) is 89.0 Å². The Kier molecular flexibility index (Phi) is 3.79. The van der Waals surface area contributed by atoms with E-state index in [-0.39, 0.29) is 0 Å². The molecule has 0 radical (unpaired) electrons. The minimum atomic E-state index is 0.453. The molecule has 5 rings (SSSR count). The van der Waals surface area contributed by atoms with Gasteiger partial charge in [-0.25, -0.2) is 0 Å². The van der Waals surface area contributed by atoms with E-state index in [1.165, 1.54) is 33.4 Å². The number of nitrogens with zero attached hydrogens (tertiary/aromatic N) is 1. The van der Waals surface area contributed by atoms with Gasteiger partial charge in [-0.2, -0.15) is 0 Å². The molecular formula is C24H23NO. The van der Waals surface area contributed by atoms with E-state index in [1.807, 2.05) is 0 Å². The molecule has 0 saturated carbocycles. The van der Waals surface area contributed by atoms with Crippen LogP contribution in [0, 0.1) is 0 Å². The van der Waals surface area contributed by atoms with Crippen LogP contribution in [-0.2, 0) is 19.4 Å². The average Bonchev–Trinajstić information content (AvgIpc) is 2.70. The molecule has 26 heavy (non-hydrogen) atoms. The Balaban J connectivity index is 1.62. The molecule has 2 nitrogen and oxygen atoms in total. The average molecular weight is 341 g/mol. The van der Waals surface area contributed by atoms with Crippen LogP contribution >= 0.6 is 0 Å². The van der Waals surface area contributed by atoms with Crippen LogP contribution < -0.4 is 4.74 Å². The van der Waals surface area contributed by atoms with Crippen LogP contribution in [0.5, 0.6) is 5.75 Å². The molecular weight excluding hydrogens is 318 g/mol. The Labute approximate surface area is 155 Å². The van der Waals surface area contributed by atoms with Gasteiger partial charge in [0.15, 0.2) is 0 Å². The van der Waals surface area contributed by atoms with Gasteiger partial charge in [0, 0.05) is 24.7 Å². The fourth-order valence-electron chi connectivity index (χ4n) is 4.71. The van der Waals surface area contributed by atoms with Crippen LogP contribution in [0.25, 0.3) is 11.1 Å². The van der Waals surface area contributed by atoms with Crippen LogP contribution in [0.1, 0.15) is 28.3 Å². The van der Waals surface area contributed by atoms with Gasteiger partial charge in [-0.05, 0) is 46.7 Å². The number of methoxy groups -OCH3 is 1. The molecule has 0 N–H and O–H groups in total. The van der Waals surface area contributed by atoms with Gasteiger partial charge in [0.25, 0.3) is 0 Å². The molecule has 1 aliphatic heterocycles. The molecule has 0 fully saturated rings. The van der Waals surface area contributed by atoms with Crippen LogP contribution in [0.4, 0.5) is 0 Å². The van der Waals surface area contributed by atoms with E-state index in [2.05, 4.69) is 71.6 Å². The Hall–Kier alpha value is -2.58. The molecule has 1 aliphatic carbocycles. The van der Waals surface area contributed by atoms with E-state index < -0.39 is 0 Å². The summed E-state index contributed by atoms with van der Waals surface area (Å²) in [5.74, 6) is 0.995. The molecule has 3 aromatic rings. The first-order chi connectivity index (χ1) is 12.8. The van der Waals surface area contributed by atoms with Crippen LogP contribution in [0.3, 0.4) is 0 Å². The van der Waals surface area contributed by atoms with E-state index in [0.717, 1.165) is 31.7 Å². The molecule has 0 saturated heterocycles. The highest BCUT2D eigenvalue weighted by Crippen LogP contribution is 2.48. The third kappa shape index (κ3) is 2.45. The summed E-state index contributed by atoms with van der Waals surface area (Å²) < 4.78 is 5.71. The lowest BCUT2D eigenvalue weighted by Gasteiger charge is -2.42. The van der Waals surface area contributed by atoms with E-state index in [0.29, 0.717) is 6.04 Å². The summed E-state index contributed by atoms with van der Waals surface area (Å²) >= 11 is 0. The van der Waals surface area contributed by atoms with Crippen molar-refractivity contribution in [2.24, 2.45) is 0 Å². The van der Waals surface area contributed by atoms with Gasteiger partial charge in [0.2, 0.25) is 0 Å². The second-order valence-corrected chi connectivity index (χ2v) is 7.30. The highest BCUT2D eigenvalue weighted by atomic mass is 16.5. The first kappa shape index (κ1) is 15.7. The molecule has 2 heteroatoms. The predicted molar refractivity (Wildman–Crippen MR) is 105 cm³/mol. The quantitative estimate of drug-likeness (QED) is 0.663. The smallest absolute Gasteiger partial charge is 0.126 e. The molecule has 0 amide bonds. The molecule has 130 valence electrons. The highest BCUT2D eigenvalue weighted by molar-refractivity contribution is 5.80. The normalized spacial score (nSPS) is 18.1. The molecule has 1 atom stereocenters. The van der Waals surface area contributed by atoms with Crippen molar-refractivity contribution in [2.45, 2.75) is 25.4 Å². The van der Waals surface area contributed by atoms with Crippen molar-refractivity contribution < 1.29 is 4.74 Å². The maximum absolute atomic E-state index is 5.71. The minimum absolute atomic E-state index is 0.453. The maximum atomic E-state index is 5.71. The fraction of sp³-hybridized carbons (Fsp3) is 0.250. The topological polar surface area (TPSA) is 12.5 Å². The van der Waals surface area contributed by atoms with Gasteiger partial charge in [-0.15, -0.1) is 0 Å². The van der Waals surface area contributed by atoms with Crippen LogP contribution in [0.15, 0.2) is 66.7 Å². The van der Waals surface area contributed by atoms with Crippen molar-refractivity contribution in [2.75, 3.05) is 13.7 Å². The number of rotatable bonds is 3. The molecule has 3 aromatic carbocycles. The van der Waals surface area contributed by atoms with E-state index >= 15 is 0 Å². The standard InChI is InChI=1S/C24H23NO/c1-26-22-12-6-10-19-15-21-23-18(9-5-11-20(23)24(19)22)13-14-25(21)16-17-7-3-2-4-8-17/h2-12,21H,13-16H2,1H3/t21-/m1/s1. The van der Waals surface area contributed by atoms with Gasteiger partial charge in [0.05, 0.1) is 7.11 Å². The Bertz CT molecular complexity index is 948. The Morgan fingerprint density at radius 1 is 0.923 bits per heavy atom. The molecule has 0 unspecified atom stereocenters. The van der Waals surface area contributed by atoms with Crippen molar-refractivity contribution in [1.29, 1.82) is 0 Å². The zero-order chi connectivity index (χ0) is 17.5. The van der Waals surface area contributed by atoms with Crippen LogP contribution in [0.2, 0.25) is 0 Å². The molecule has 1 heterocycles. The first-order valence-electron chi connectivity index (χ1n) is 9.41. The maximum Gasteiger partial charge on any atom is 0.126 e. The largest absolute Gasteiger partial charge is 0.496 e. The summed E-state index contributed by atoms with van der Waals surface area (Å²) in [6.45, 7) is 2.13. The summed E-state index contributed by atoms with van der Waals surface area (Å²) in [6, 6.07) is 24.6. The molecule has 0 aromatic heterocycles. The Morgan fingerprint density at radius 2 is 1.73 bits per heavy atom. The van der Waals surface area contributed by atoms with Crippen LogP contribution in [-0.4, -0.2) is 18.6 Å². The monoisotopic (exact) mass is 341 g/mol. The minimum Gasteiger partial charge on any atom is -0.496 e. The van der Waals surface area contributed by atoms with E-state index in [9.17, 15) is 0 Å². The van der Waals surface area contributed by atoms with Gasteiger partial charge >= 0.3 is 0 Å². The highest BCUT2D eigenvalue weighted by Gasteiger charge is 2.35. The second kappa shape index (κ2) is 6.30. The summed E-state index contributed by atoms with van der Waals surface area (Å²) in [6.07, 6.45) is 2.18. The summed E-state index contributed by atoms with van der Waals surface area (Å²) in [4.78, 5) is 2.66. The van der Waals surface area contributed by atoms with Gasteiger partial charge < -0.3 is 4.74 Å². The lowest BCUT2D eigenvalue weighted by molar-refractivity contribution is 0.173. The fourth-order valence-corrected chi connectivity index (χ4v) is 4.71. The number of ether oxygens (including phenoxy) is 1. The zero-order valence-electron chi connectivity index (χ0n) is 15.1. The number of hydrogen-bond donors (Lipinski definition) is 0. The molecule has 0 bridgehead atoms. The number of fused-ring (bicyclic) bond motifs is 2. The summed E-state index contributed by atoms with van der Waals surface area (Å²) in [5, 5.41) is 0. The lowest BCUT2D eigenvalue weighted by atomic mass is 9.76.